The summed E-state index contributed by atoms with van der Waals surface area (Å²) in [7, 11) is -3.29. The second kappa shape index (κ2) is 3.88. The van der Waals surface area contributed by atoms with Crippen LogP contribution in [0.3, 0.4) is 0 Å². The van der Waals surface area contributed by atoms with Crippen LogP contribution in [0.2, 0.25) is 0 Å². The molecular weight excluding hydrogens is 220 g/mol. The quantitative estimate of drug-likeness (QED) is 0.753. The van der Waals surface area contributed by atoms with Gasteiger partial charge in [-0.3, -0.25) is 4.98 Å². The number of rotatable bonds is 2. The van der Waals surface area contributed by atoms with E-state index in [0.717, 1.165) is 5.75 Å². The molecule has 14 heavy (non-hydrogen) atoms. The Morgan fingerprint density at radius 3 is 2.93 bits per heavy atom. The van der Waals surface area contributed by atoms with Crippen molar-refractivity contribution in [3.05, 3.63) is 24.5 Å². The van der Waals surface area contributed by atoms with Crippen molar-refractivity contribution in [3.8, 4) is 0 Å². The number of pyridine rings is 1. The smallest absolute Gasteiger partial charge is 0.245 e. The molecule has 0 bridgehead atoms. The predicted molar refractivity (Wildman–Crippen MR) is 55.5 cm³/mol. The van der Waals surface area contributed by atoms with Gasteiger partial charge in [0.05, 0.1) is 5.88 Å². The average Bonchev–Trinajstić information content (AvgIpc) is 2.72. The zero-order chi connectivity index (χ0) is 10.0. The van der Waals surface area contributed by atoms with E-state index in [4.69, 9.17) is 0 Å². The number of thioether (sulfide) groups is 1. The minimum Gasteiger partial charge on any atom is -0.263 e. The van der Waals surface area contributed by atoms with Crippen molar-refractivity contribution in [2.24, 2.45) is 0 Å². The molecule has 2 rings (SSSR count). The normalized spacial score (nSPS) is 18.6. The van der Waals surface area contributed by atoms with Crippen LogP contribution in [0.25, 0.3) is 0 Å². The maximum atomic E-state index is 11.9. The fraction of sp³-hybridized carbons (Fsp3) is 0.375. The molecule has 0 atom stereocenters. The molecule has 1 aliphatic heterocycles. The highest BCUT2D eigenvalue weighted by Crippen LogP contribution is 2.22. The lowest BCUT2D eigenvalue weighted by atomic mass is 10.5. The first-order valence-corrected chi connectivity index (χ1v) is 6.79. The summed E-state index contributed by atoms with van der Waals surface area (Å²) < 4.78 is 25.3. The van der Waals surface area contributed by atoms with Gasteiger partial charge in [0.1, 0.15) is 4.90 Å². The molecule has 1 fully saturated rings. The third kappa shape index (κ3) is 1.77. The highest BCUT2D eigenvalue weighted by molar-refractivity contribution is 8.00. The van der Waals surface area contributed by atoms with E-state index in [1.165, 1.54) is 10.5 Å². The Morgan fingerprint density at radius 2 is 2.36 bits per heavy atom. The molecule has 0 N–H and O–H groups in total. The van der Waals surface area contributed by atoms with Crippen molar-refractivity contribution >= 4 is 21.8 Å². The average molecular weight is 230 g/mol. The van der Waals surface area contributed by atoms with Gasteiger partial charge in [-0.25, -0.2) is 8.42 Å². The van der Waals surface area contributed by atoms with E-state index in [1.807, 2.05) is 0 Å². The van der Waals surface area contributed by atoms with Gasteiger partial charge in [0, 0.05) is 24.7 Å². The monoisotopic (exact) mass is 230 g/mol. The van der Waals surface area contributed by atoms with Gasteiger partial charge >= 0.3 is 0 Å². The number of sulfonamides is 1. The Labute approximate surface area is 87.4 Å². The van der Waals surface area contributed by atoms with E-state index < -0.39 is 10.0 Å². The van der Waals surface area contributed by atoms with Crippen molar-refractivity contribution in [2.45, 2.75) is 4.90 Å². The third-order valence-corrected chi connectivity index (χ3v) is 4.95. The summed E-state index contributed by atoms with van der Waals surface area (Å²) in [6.07, 6.45) is 2.95. The van der Waals surface area contributed by atoms with Gasteiger partial charge in [-0.15, -0.1) is 11.8 Å². The van der Waals surface area contributed by atoms with E-state index in [0.29, 0.717) is 12.4 Å². The zero-order valence-electron chi connectivity index (χ0n) is 7.46. The van der Waals surface area contributed by atoms with Crippen molar-refractivity contribution < 1.29 is 8.42 Å². The van der Waals surface area contributed by atoms with Gasteiger partial charge in [-0.1, -0.05) is 0 Å². The molecule has 1 aliphatic rings. The fourth-order valence-electron chi connectivity index (χ4n) is 1.24. The van der Waals surface area contributed by atoms with Gasteiger partial charge in [0.25, 0.3) is 0 Å². The second-order valence-electron chi connectivity index (χ2n) is 2.91. The maximum Gasteiger partial charge on any atom is 0.245 e. The SMILES string of the molecule is O=S(=O)(c1cccnc1)N1CCSC1. The minimum atomic E-state index is -3.29. The van der Waals surface area contributed by atoms with Crippen LogP contribution in [-0.4, -0.2) is 35.9 Å². The first-order chi connectivity index (χ1) is 6.71. The molecule has 6 heteroatoms. The number of aromatic nitrogens is 1. The third-order valence-electron chi connectivity index (χ3n) is 1.99. The molecule has 0 aliphatic carbocycles. The highest BCUT2D eigenvalue weighted by Gasteiger charge is 2.27. The van der Waals surface area contributed by atoms with E-state index in [9.17, 15) is 8.42 Å². The topological polar surface area (TPSA) is 50.3 Å². The van der Waals surface area contributed by atoms with Crippen LogP contribution in [0.1, 0.15) is 0 Å². The molecule has 0 unspecified atom stereocenters. The highest BCUT2D eigenvalue weighted by atomic mass is 32.2. The van der Waals surface area contributed by atoms with E-state index >= 15 is 0 Å². The molecule has 0 spiro atoms. The van der Waals surface area contributed by atoms with Gasteiger partial charge in [-0.05, 0) is 12.1 Å². The lowest BCUT2D eigenvalue weighted by molar-refractivity contribution is 0.489. The Morgan fingerprint density at radius 1 is 1.50 bits per heavy atom. The van der Waals surface area contributed by atoms with Gasteiger partial charge in [-0.2, -0.15) is 4.31 Å². The van der Waals surface area contributed by atoms with Crippen LogP contribution in [0.15, 0.2) is 29.4 Å². The van der Waals surface area contributed by atoms with Crippen LogP contribution in [0.4, 0.5) is 0 Å². The molecule has 0 amide bonds. The molecule has 2 heterocycles. The van der Waals surface area contributed by atoms with Crippen molar-refractivity contribution in [1.29, 1.82) is 0 Å². The number of hydrogen-bond acceptors (Lipinski definition) is 4. The molecule has 1 aromatic rings. The molecule has 1 aromatic heterocycles. The summed E-state index contributed by atoms with van der Waals surface area (Å²) in [5, 5.41) is 0. The molecule has 1 saturated heterocycles. The number of hydrogen-bond donors (Lipinski definition) is 0. The van der Waals surface area contributed by atoms with Crippen LogP contribution in [-0.2, 0) is 10.0 Å². The Kier molecular flexibility index (Phi) is 2.76. The Balaban J connectivity index is 2.33. The van der Waals surface area contributed by atoms with E-state index in [2.05, 4.69) is 4.98 Å². The molecule has 0 saturated carbocycles. The van der Waals surface area contributed by atoms with Crippen molar-refractivity contribution in [2.75, 3.05) is 18.2 Å². The second-order valence-corrected chi connectivity index (χ2v) is 5.92. The van der Waals surface area contributed by atoms with Gasteiger partial charge < -0.3 is 0 Å². The minimum absolute atomic E-state index is 0.280. The summed E-state index contributed by atoms with van der Waals surface area (Å²) >= 11 is 1.63. The summed E-state index contributed by atoms with van der Waals surface area (Å²) in [4.78, 5) is 4.09. The predicted octanol–water partition coefficient (Wildman–Crippen LogP) is 0.777. The van der Waals surface area contributed by atoms with Crippen molar-refractivity contribution in [1.82, 2.24) is 9.29 Å². The lowest BCUT2D eigenvalue weighted by Crippen LogP contribution is -2.28. The standard InChI is InChI=1S/C8H10N2O2S2/c11-14(12,10-4-5-13-7-10)8-2-1-3-9-6-8/h1-3,6H,4-5,7H2. The molecule has 76 valence electrons. The maximum absolute atomic E-state index is 11.9. The summed E-state index contributed by atoms with van der Waals surface area (Å²) in [6, 6.07) is 3.21. The molecule has 0 aromatic carbocycles. The van der Waals surface area contributed by atoms with Crippen LogP contribution in [0, 0.1) is 0 Å². The van der Waals surface area contributed by atoms with Crippen LogP contribution >= 0.6 is 11.8 Å². The molecule has 0 radical (unpaired) electrons. The molecule has 4 nitrogen and oxygen atoms in total. The number of nitrogens with zero attached hydrogens (tertiary/aromatic N) is 2. The van der Waals surface area contributed by atoms with Gasteiger partial charge in [0.2, 0.25) is 10.0 Å². The fourth-order valence-corrected chi connectivity index (χ4v) is 4.02. The van der Waals surface area contributed by atoms with E-state index in [-0.39, 0.29) is 4.90 Å². The van der Waals surface area contributed by atoms with Crippen molar-refractivity contribution in [3.63, 3.8) is 0 Å². The Bertz CT molecular complexity index is 399. The molecular formula is C8H10N2O2S2. The zero-order valence-corrected chi connectivity index (χ0v) is 9.09. The largest absolute Gasteiger partial charge is 0.263 e. The van der Waals surface area contributed by atoms with E-state index in [1.54, 1.807) is 30.1 Å². The van der Waals surface area contributed by atoms with Gasteiger partial charge in [0.15, 0.2) is 0 Å². The first kappa shape index (κ1) is 9.95. The Hall–Kier alpha value is -0.590. The first-order valence-electron chi connectivity index (χ1n) is 4.19. The summed E-state index contributed by atoms with van der Waals surface area (Å²) in [6.45, 7) is 0.599. The summed E-state index contributed by atoms with van der Waals surface area (Å²) in [5.74, 6) is 1.43. The summed E-state index contributed by atoms with van der Waals surface area (Å²) in [5.41, 5.74) is 0. The lowest BCUT2D eigenvalue weighted by Gasteiger charge is -2.13. The van der Waals surface area contributed by atoms with Crippen LogP contribution < -0.4 is 0 Å². The van der Waals surface area contributed by atoms with Crippen LogP contribution in [0.5, 0.6) is 0 Å².